The second-order valence-corrected chi connectivity index (χ2v) is 8.34. The molecule has 0 aliphatic rings. The zero-order chi connectivity index (χ0) is 24.2. The van der Waals surface area contributed by atoms with Gasteiger partial charge in [-0.15, -0.1) is 0 Å². The zero-order valence-corrected chi connectivity index (χ0v) is 20.1. The standard InChI is InChI=1S/C28H33FN2O3/c1-3-5-6-7-8-9-17-33-26-16-13-23(18-25(26)29)22-11-14-24(15-12-22)34-28(32)27-30-19-21(10-4-2)20-31-27/h11-16,18-20H,3-10,17H2,1-2H3. The second-order valence-electron chi connectivity index (χ2n) is 8.34. The van der Waals surface area contributed by atoms with E-state index < -0.39 is 5.97 Å². The lowest BCUT2D eigenvalue weighted by Crippen LogP contribution is -2.13. The van der Waals surface area contributed by atoms with Gasteiger partial charge in [0.1, 0.15) is 5.75 Å². The van der Waals surface area contributed by atoms with Gasteiger partial charge in [-0.05, 0) is 53.8 Å². The molecule has 0 saturated heterocycles. The van der Waals surface area contributed by atoms with E-state index in [1.807, 2.05) is 6.07 Å². The minimum absolute atomic E-state index is 0.0162. The first kappa shape index (κ1) is 25.3. The van der Waals surface area contributed by atoms with E-state index >= 15 is 0 Å². The Balaban J connectivity index is 1.52. The Morgan fingerprint density at radius 1 is 0.853 bits per heavy atom. The largest absolute Gasteiger partial charge is 0.491 e. The number of ether oxygens (including phenoxy) is 2. The number of hydrogen-bond acceptors (Lipinski definition) is 5. The van der Waals surface area contributed by atoms with Crippen LogP contribution in [0, 0.1) is 5.82 Å². The molecule has 0 aliphatic carbocycles. The predicted octanol–water partition coefficient (Wildman–Crippen LogP) is 7.19. The number of esters is 1. The van der Waals surface area contributed by atoms with Gasteiger partial charge in [0.2, 0.25) is 5.82 Å². The number of carbonyl (C=O) groups excluding carboxylic acids is 1. The zero-order valence-electron chi connectivity index (χ0n) is 20.1. The molecular formula is C28H33FN2O3. The van der Waals surface area contributed by atoms with Crippen LogP contribution in [0.2, 0.25) is 0 Å². The summed E-state index contributed by atoms with van der Waals surface area (Å²) in [5.41, 5.74) is 2.51. The highest BCUT2D eigenvalue weighted by Gasteiger charge is 2.13. The average Bonchev–Trinajstić information content (AvgIpc) is 2.85. The van der Waals surface area contributed by atoms with Gasteiger partial charge in [-0.2, -0.15) is 0 Å². The molecule has 0 amide bonds. The summed E-state index contributed by atoms with van der Waals surface area (Å²) in [4.78, 5) is 20.4. The Hall–Kier alpha value is -3.28. The Bertz CT molecular complexity index is 1040. The first-order chi connectivity index (χ1) is 16.6. The topological polar surface area (TPSA) is 61.3 Å². The van der Waals surface area contributed by atoms with Crippen LogP contribution in [0.5, 0.6) is 11.5 Å². The van der Waals surface area contributed by atoms with E-state index in [1.165, 1.54) is 31.7 Å². The highest BCUT2D eigenvalue weighted by molar-refractivity contribution is 5.87. The van der Waals surface area contributed by atoms with Gasteiger partial charge in [-0.3, -0.25) is 0 Å². The van der Waals surface area contributed by atoms with E-state index in [9.17, 15) is 9.18 Å². The fourth-order valence-corrected chi connectivity index (χ4v) is 3.61. The van der Waals surface area contributed by atoms with Gasteiger partial charge in [-0.25, -0.2) is 19.2 Å². The molecule has 180 valence electrons. The van der Waals surface area contributed by atoms with Gasteiger partial charge >= 0.3 is 5.97 Å². The van der Waals surface area contributed by atoms with E-state index in [0.29, 0.717) is 12.4 Å². The summed E-state index contributed by atoms with van der Waals surface area (Å²) >= 11 is 0. The number of benzene rings is 2. The van der Waals surface area contributed by atoms with E-state index in [1.54, 1.807) is 42.7 Å². The van der Waals surface area contributed by atoms with Crippen LogP contribution in [0.4, 0.5) is 4.39 Å². The Kier molecular flexibility index (Phi) is 10.0. The van der Waals surface area contributed by atoms with Crippen molar-refractivity contribution in [2.75, 3.05) is 6.61 Å². The molecule has 0 saturated carbocycles. The van der Waals surface area contributed by atoms with E-state index in [4.69, 9.17) is 9.47 Å². The molecule has 0 bridgehead atoms. The van der Waals surface area contributed by atoms with Crippen molar-refractivity contribution in [1.29, 1.82) is 0 Å². The van der Waals surface area contributed by atoms with E-state index in [-0.39, 0.29) is 17.4 Å². The van der Waals surface area contributed by atoms with Crippen molar-refractivity contribution in [2.24, 2.45) is 0 Å². The molecule has 1 heterocycles. The van der Waals surface area contributed by atoms with Crippen molar-refractivity contribution in [1.82, 2.24) is 9.97 Å². The van der Waals surface area contributed by atoms with Gasteiger partial charge in [0.05, 0.1) is 6.61 Å². The number of halogens is 1. The van der Waals surface area contributed by atoms with Gasteiger partial charge < -0.3 is 9.47 Å². The lowest BCUT2D eigenvalue weighted by atomic mass is 10.1. The fourth-order valence-electron chi connectivity index (χ4n) is 3.61. The monoisotopic (exact) mass is 464 g/mol. The molecule has 0 unspecified atom stereocenters. The summed E-state index contributed by atoms with van der Waals surface area (Å²) < 4.78 is 25.5. The summed E-state index contributed by atoms with van der Waals surface area (Å²) in [7, 11) is 0. The summed E-state index contributed by atoms with van der Waals surface area (Å²) in [6, 6.07) is 11.8. The molecular weight excluding hydrogens is 431 g/mol. The lowest BCUT2D eigenvalue weighted by molar-refractivity contribution is 0.0721. The van der Waals surface area contributed by atoms with Crippen LogP contribution in [0.25, 0.3) is 11.1 Å². The van der Waals surface area contributed by atoms with Gasteiger partial charge in [0, 0.05) is 12.4 Å². The molecule has 0 spiro atoms. The Labute approximate surface area is 201 Å². The molecule has 0 atom stereocenters. The first-order valence-corrected chi connectivity index (χ1v) is 12.2. The number of rotatable bonds is 13. The average molecular weight is 465 g/mol. The van der Waals surface area contributed by atoms with Crippen LogP contribution in [-0.2, 0) is 6.42 Å². The predicted molar refractivity (Wildman–Crippen MR) is 132 cm³/mol. The summed E-state index contributed by atoms with van der Waals surface area (Å²) in [5, 5.41) is 0. The maximum Gasteiger partial charge on any atom is 0.381 e. The normalized spacial score (nSPS) is 10.8. The maximum absolute atomic E-state index is 14.5. The highest BCUT2D eigenvalue weighted by Crippen LogP contribution is 2.27. The molecule has 5 nitrogen and oxygen atoms in total. The van der Waals surface area contributed by atoms with Crippen molar-refractivity contribution < 1.29 is 18.7 Å². The third-order valence-electron chi connectivity index (χ3n) is 5.51. The third kappa shape index (κ3) is 7.65. The molecule has 3 rings (SSSR count). The molecule has 0 aliphatic heterocycles. The minimum atomic E-state index is -0.617. The smallest absolute Gasteiger partial charge is 0.381 e. The Morgan fingerprint density at radius 2 is 1.53 bits per heavy atom. The van der Waals surface area contributed by atoms with Crippen LogP contribution >= 0.6 is 0 Å². The van der Waals surface area contributed by atoms with Gasteiger partial charge in [-0.1, -0.05) is 70.6 Å². The summed E-state index contributed by atoms with van der Waals surface area (Å²) in [6.45, 7) is 4.79. The molecule has 3 aromatic rings. The lowest BCUT2D eigenvalue weighted by Gasteiger charge is -2.10. The number of carbonyl (C=O) groups is 1. The van der Waals surface area contributed by atoms with E-state index in [0.717, 1.165) is 42.4 Å². The van der Waals surface area contributed by atoms with Crippen molar-refractivity contribution >= 4 is 5.97 Å². The van der Waals surface area contributed by atoms with Crippen molar-refractivity contribution in [3.63, 3.8) is 0 Å². The molecule has 1 aromatic heterocycles. The SMILES string of the molecule is CCCCCCCCOc1ccc(-c2ccc(OC(=O)c3ncc(CCC)cn3)cc2)cc1F. The van der Waals surface area contributed by atoms with Crippen LogP contribution in [0.15, 0.2) is 54.9 Å². The van der Waals surface area contributed by atoms with Crippen molar-refractivity contribution in [3.8, 4) is 22.6 Å². The molecule has 0 radical (unpaired) electrons. The molecule has 0 N–H and O–H groups in total. The first-order valence-electron chi connectivity index (χ1n) is 12.2. The number of hydrogen-bond donors (Lipinski definition) is 0. The molecule has 0 fully saturated rings. The number of unbranched alkanes of at least 4 members (excludes halogenated alkanes) is 5. The minimum Gasteiger partial charge on any atom is -0.491 e. The highest BCUT2D eigenvalue weighted by atomic mass is 19.1. The third-order valence-corrected chi connectivity index (χ3v) is 5.51. The number of aromatic nitrogens is 2. The molecule has 2 aromatic carbocycles. The fraction of sp³-hybridized carbons (Fsp3) is 0.393. The second kappa shape index (κ2) is 13.4. The van der Waals surface area contributed by atoms with E-state index in [2.05, 4.69) is 23.8 Å². The van der Waals surface area contributed by atoms with Crippen molar-refractivity contribution in [3.05, 3.63) is 72.1 Å². The number of aryl methyl sites for hydroxylation is 1. The van der Waals surface area contributed by atoms with Crippen molar-refractivity contribution in [2.45, 2.75) is 65.2 Å². The van der Waals surface area contributed by atoms with Gasteiger partial charge in [0.15, 0.2) is 11.6 Å². The van der Waals surface area contributed by atoms with Crippen LogP contribution < -0.4 is 9.47 Å². The van der Waals surface area contributed by atoms with Crippen LogP contribution in [-0.4, -0.2) is 22.5 Å². The molecule has 34 heavy (non-hydrogen) atoms. The van der Waals surface area contributed by atoms with Crippen LogP contribution in [0.3, 0.4) is 0 Å². The van der Waals surface area contributed by atoms with Gasteiger partial charge in [0.25, 0.3) is 0 Å². The Morgan fingerprint density at radius 3 is 2.21 bits per heavy atom. The quantitative estimate of drug-likeness (QED) is 0.152. The number of nitrogens with zero attached hydrogens (tertiary/aromatic N) is 2. The van der Waals surface area contributed by atoms with Crippen LogP contribution in [0.1, 0.15) is 75.0 Å². The summed E-state index contributed by atoms with van der Waals surface area (Å²) in [5.74, 6) is -0.346. The summed E-state index contributed by atoms with van der Waals surface area (Å²) in [6.07, 6.45) is 12.1. The molecule has 6 heteroatoms. The maximum atomic E-state index is 14.5.